The van der Waals surface area contributed by atoms with E-state index in [1.54, 1.807) is 0 Å². The van der Waals surface area contributed by atoms with Crippen LogP contribution in [0.1, 0.15) is 36.2 Å². The van der Waals surface area contributed by atoms with Crippen LogP contribution in [0.4, 0.5) is 17.6 Å². The molecule has 1 heterocycles. The highest BCUT2D eigenvalue weighted by Crippen LogP contribution is 2.44. The third-order valence-electron chi connectivity index (χ3n) is 6.04. The average molecular weight is 510 g/mol. The van der Waals surface area contributed by atoms with Gasteiger partial charge in [-0.3, -0.25) is 9.59 Å². The molecule has 0 saturated carbocycles. The van der Waals surface area contributed by atoms with Crippen LogP contribution in [-0.4, -0.2) is 46.9 Å². The van der Waals surface area contributed by atoms with Crippen LogP contribution in [0, 0.1) is 5.82 Å². The molecule has 194 valence electrons. The first-order chi connectivity index (χ1) is 16.7. The number of hydrogen-bond acceptors (Lipinski definition) is 4. The number of fused-ring (bicyclic) bond motifs is 1. The van der Waals surface area contributed by atoms with Gasteiger partial charge < -0.3 is 25.5 Å². The molecule has 0 spiro atoms. The van der Waals surface area contributed by atoms with Crippen LogP contribution in [0.25, 0.3) is 10.9 Å². The standard InChI is InChI=1S/C25H27F4N3O4/c1-23(2,18-11-17(26)5-7-20(18)36-3)13-24(35,25(27,28)29)14-32-9-8-15-10-16(4-6-19(15)32)22(34)31-12-21(30)33/h4-11,35H,12-14H2,1-3H3,(H2,30,33)(H,31,34). The van der Waals surface area contributed by atoms with Gasteiger partial charge in [0, 0.05) is 28.2 Å². The third-order valence-corrected chi connectivity index (χ3v) is 6.04. The predicted octanol–water partition coefficient (Wildman–Crippen LogP) is 3.67. The molecule has 0 radical (unpaired) electrons. The number of methoxy groups -OCH3 is 1. The number of carbonyl (C=O) groups excluding carboxylic acids is 2. The lowest BCUT2D eigenvalue weighted by Crippen LogP contribution is -2.52. The fourth-order valence-electron chi connectivity index (χ4n) is 4.31. The number of amides is 2. The average Bonchev–Trinajstić information content (AvgIpc) is 3.17. The minimum absolute atomic E-state index is 0.187. The monoisotopic (exact) mass is 509 g/mol. The summed E-state index contributed by atoms with van der Waals surface area (Å²) in [6.45, 7) is 1.76. The maximum Gasteiger partial charge on any atom is 0.418 e. The zero-order valence-electron chi connectivity index (χ0n) is 19.9. The lowest BCUT2D eigenvalue weighted by atomic mass is 9.74. The number of alkyl halides is 3. The topological polar surface area (TPSA) is 107 Å². The van der Waals surface area contributed by atoms with Crippen molar-refractivity contribution in [3.8, 4) is 5.75 Å². The lowest BCUT2D eigenvalue weighted by Gasteiger charge is -2.38. The number of aliphatic hydroxyl groups is 1. The van der Waals surface area contributed by atoms with Crippen LogP contribution in [0.3, 0.4) is 0 Å². The molecule has 11 heteroatoms. The number of ether oxygens (including phenoxy) is 1. The Hall–Kier alpha value is -3.60. The highest BCUT2D eigenvalue weighted by atomic mass is 19.4. The van der Waals surface area contributed by atoms with E-state index in [1.165, 1.54) is 62.1 Å². The lowest BCUT2D eigenvalue weighted by molar-refractivity contribution is -0.271. The quantitative estimate of drug-likeness (QED) is 0.383. The second-order valence-corrected chi connectivity index (χ2v) is 9.30. The molecule has 0 fully saturated rings. The minimum Gasteiger partial charge on any atom is -0.496 e. The normalized spacial score (nSPS) is 13.9. The molecule has 0 aliphatic rings. The first-order valence-electron chi connectivity index (χ1n) is 11.0. The van der Waals surface area contributed by atoms with Gasteiger partial charge in [-0.25, -0.2) is 4.39 Å². The molecule has 36 heavy (non-hydrogen) atoms. The Kier molecular flexibility index (Phi) is 7.35. The van der Waals surface area contributed by atoms with Crippen LogP contribution < -0.4 is 15.8 Å². The van der Waals surface area contributed by atoms with Gasteiger partial charge in [-0.15, -0.1) is 0 Å². The van der Waals surface area contributed by atoms with Gasteiger partial charge in [0.15, 0.2) is 5.60 Å². The van der Waals surface area contributed by atoms with E-state index in [0.29, 0.717) is 10.9 Å². The number of aromatic nitrogens is 1. The van der Waals surface area contributed by atoms with E-state index in [0.717, 1.165) is 12.1 Å². The number of nitrogens with one attached hydrogen (secondary N) is 1. The molecular weight excluding hydrogens is 482 g/mol. The van der Waals surface area contributed by atoms with E-state index in [4.69, 9.17) is 10.5 Å². The summed E-state index contributed by atoms with van der Waals surface area (Å²) in [5.74, 6) is -1.72. The molecule has 0 saturated heterocycles. The summed E-state index contributed by atoms with van der Waals surface area (Å²) in [5, 5.41) is 13.8. The minimum atomic E-state index is -5.02. The number of nitrogens with two attached hydrogens (primary N) is 1. The van der Waals surface area contributed by atoms with E-state index in [2.05, 4.69) is 5.32 Å². The second-order valence-electron chi connectivity index (χ2n) is 9.30. The van der Waals surface area contributed by atoms with E-state index < -0.39 is 47.8 Å². The van der Waals surface area contributed by atoms with Crippen molar-refractivity contribution < 1.29 is 37.0 Å². The fraction of sp³-hybridized carbons (Fsp3) is 0.360. The highest BCUT2D eigenvalue weighted by Gasteiger charge is 2.56. The van der Waals surface area contributed by atoms with E-state index in [1.807, 2.05) is 0 Å². The van der Waals surface area contributed by atoms with Crippen LogP contribution >= 0.6 is 0 Å². The summed E-state index contributed by atoms with van der Waals surface area (Å²) in [5.41, 5.74) is 1.23. The van der Waals surface area contributed by atoms with Crippen LogP contribution in [0.5, 0.6) is 5.75 Å². The predicted molar refractivity (Wildman–Crippen MR) is 125 cm³/mol. The van der Waals surface area contributed by atoms with E-state index in [-0.39, 0.29) is 23.4 Å². The summed E-state index contributed by atoms with van der Waals surface area (Å²) in [6, 6.07) is 9.38. The number of halogens is 4. The van der Waals surface area contributed by atoms with Gasteiger partial charge in [-0.2, -0.15) is 13.2 Å². The van der Waals surface area contributed by atoms with Crippen molar-refractivity contribution in [3.05, 3.63) is 65.6 Å². The Morgan fingerprint density at radius 2 is 1.81 bits per heavy atom. The summed E-state index contributed by atoms with van der Waals surface area (Å²) >= 11 is 0. The number of carbonyl (C=O) groups is 2. The SMILES string of the molecule is COc1ccc(F)cc1C(C)(C)CC(O)(Cn1ccc2cc(C(=O)NCC(N)=O)ccc21)C(F)(F)F. The first-order valence-corrected chi connectivity index (χ1v) is 11.0. The van der Waals surface area contributed by atoms with Gasteiger partial charge in [-0.05, 0) is 54.3 Å². The van der Waals surface area contributed by atoms with Crippen molar-refractivity contribution >= 4 is 22.7 Å². The van der Waals surface area contributed by atoms with Crippen molar-refractivity contribution in [2.75, 3.05) is 13.7 Å². The zero-order chi connectivity index (χ0) is 26.9. The summed E-state index contributed by atoms with van der Waals surface area (Å²) in [7, 11) is 1.33. The molecule has 2 amide bonds. The van der Waals surface area contributed by atoms with Crippen LogP contribution in [0.15, 0.2) is 48.7 Å². The smallest absolute Gasteiger partial charge is 0.418 e. The Morgan fingerprint density at radius 3 is 2.42 bits per heavy atom. The molecule has 2 aromatic carbocycles. The number of rotatable bonds is 9. The van der Waals surface area contributed by atoms with E-state index in [9.17, 15) is 32.3 Å². The first kappa shape index (κ1) is 27.0. The molecule has 1 aromatic heterocycles. The molecule has 0 aliphatic heterocycles. The Bertz CT molecular complexity index is 1290. The van der Waals surface area contributed by atoms with Crippen molar-refractivity contribution in [3.63, 3.8) is 0 Å². The van der Waals surface area contributed by atoms with Crippen molar-refractivity contribution in [2.45, 2.75) is 44.0 Å². The largest absolute Gasteiger partial charge is 0.496 e. The second kappa shape index (κ2) is 9.81. The molecule has 3 aromatic rings. The summed E-state index contributed by atoms with van der Waals surface area (Å²) in [4.78, 5) is 23.0. The summed E-state index contributed by atoms with van der Waals surface area (Å²) in [6.07, 6.45) is -4.42. The molecular formula is C25H27F4N3O4. The third kappa shape index (κ3) is 5.62. The maximum absolute atomic E-state index is 14.3. The Morgan fingerprint density at radius 1 is 1.11 bits per heavy atom. The molecule has 0 aliphatic carbocycles. The molecule has 1 atom stereocenters. The molecule has 7 nitrogen and oxygen atoms in total. The van der Waals surface area contributed by atoms with Gasteiger partial charge in [0.25, 0.3) is 5.91 Å². The highest BCUT2D eigenvalue weighted by molar-refractivity contribution is 5.99. The van der Waals surface area contributed by atoms with Crippen molar-refractivity contribution in [1.29, 1.82) is 0 Å². The van der Waals surface area contributed by atoms with Gasteiger partial charge in [0.2, 0.25) is 5.91 Å². The summed E-state index contributed by atoms with van der Waals surface area (Å²) < 4.78 is 63.2. The van der Waals surface area contributed by atoms with Gasteiger partial charge in [0.05, 0.1) is 20.2 Å². The van der Waals surface area contributed by atoms with E-state index >= 15 is 0 Å². The fourth-order valence-corrected chi connectivity index (χ4v) is 4.31. The molecule has 0 bridgehead atoms. The van der Waals surface area contributed by atoms with Gasteiger partial charge in [-0.1, -0.05) is 13.8 Å². The van der Waals surface area contributed by atoms with Gasteiger partial charge >= 0.3 is 6.18 Å². The van der Waals surface area contributed by atoms with Crippen LogP contribution in [0.2, 0.25) is 0 Å². The zero-order valence-corrected chi connectivity index (χ0v) is 19.9. The maximum atomic E-state index is 14.3. The van der Waals surface area contributed by atoms with Crippen molar-refractivity contribution in [1.82, 2.24) is 9.88 Å². The molecule has 4 N–H and O–H groups in total. The molecule has 3 rings (SSSR count). The van der Waals surface area contributed by atoms with Crippen molar-refractivity contribution in [2.24, 2.45) is 5.73 Å². The molecule has 1 unspecified atom stereocenters. The Balaban J connectivity index is 1.94. The number of primary amides is 1. The van der Waals surface area contributed by atoms with Gasteiger partial charge in [0.1, 0.15) is 11.6 Å². The Labute approximate surface area is 204 Å². The van der Waals surface area contributed by atoms with Crippen LogP contribution in [-0.2, 0) is 16.8 Å². The number of nitrogens with zero attached hydrogens (tertiary/aromatic N) is 1. The number of hydrogen-bond donors (Lipinski definition) is 3. The number of benzene rings is 2.